The zero-order valence-electron chi connectivity index (χ0n) is 10.3. The molecule has 3 heterocycles. The molecule has 0 amide bonds. The number of ether oxygens (including phenoxy) is 2. The Bertz CT molecular complexity index is 437. The lowest BCUT2D eigenvalue weighted by molar-refractivity contribution is -0.0949. The first kappa shape index (κ1) is 10.9. The molecule has 2 fully saturated rings. The van der Waals surface area contributed by atoms with Gasteiger partial charge in [0.15, 0.2) is 11.6 Å². The Hall–Kier alpha value is -0.980. The SMILES string of the molecule is C1Cn2c(C3COCCO3)nnc2C(C2CC2)N1. The lowest BCUT2D eigenvalue weighted by Crippen LogP contribution is -2.36. The number of aromatic nitrogens is 3. The maximum atomic E-state index is 5.73. The van der Waals surface area contributed by atoms with Crippen LogP contribution in [0.2, 0.25) is 0 Å². The third kappa shape index (κ3) is 1.75. The summed E-state index contributed by atoms with van der Waals surface area (Å²) in [4.78, 5) is 0. The first-order valence-corrected chi connectivity index (χ1v) is 6.79. The summed E-state index contributed by atoms with van der Waals surface area (Å²) in [5.41, 5.74) is 0. The molecule has 1 saturated carbocycles. The van der Waals surface area contributed by atoms with Crippen molar-refractivity contribution in [3.8, 4) is 0 Å². The van der Waals surface area contributed by atoms with E-state index in [1.54, 1.807) is 0 Å². The molecule has 0 aromatic carbocycles. The van der Waals surface area contributed by atoms with Crippen LogP contribution in [-0.2, 0) is 16.0 Å². The Balaban J connectivity index is 1.64. The van der Waals surface area contributed by atoms with Gasteiger partial charge < -0.3 is 19.4 Å². The third-order valence-corrected chi connectivity index (χ3v) is 3.98. The highest BCUT2D eigenvalue weighted by molar-refractivity contribution is 5.10. The molecule has 3 aliphatic rings. The summed E-state index contributed by atoms with van der Waals surface area (Å²) in [5, 5.41) is 12.3. The third-order valence-electron chi connectivity index (χ3n) is 3.98. The van der Waals surface area contributed by atoms with Crippen LogP contribution in [0.15, 0.2) is 0 Å². The van der Waals surface area contributed by atoms with Crippen LogP contribution >= 0.6 is 0 Å². The van der Waals surface area contributed by atoms with Gasteiger partial charge in [0.1, 0.15) is 6.10 Å². The Labute approximate surface area is 106 Å². The van der Waals surface area contributed by atoms with Crippen molar-refractivity contribution in [2.75, 3.05) is 26.4 Å². The number of nitrogens with one attached hydrogen (secondary N) is 1. The maximum Gasteiger partial charge on any atom is 0.164 e. The molecular formula is C12H18N4O2. The average Bonchev–Trinajstić information content (AvgIpc) is 3.18. The second kappa shape index (κ2) is 4.29. The van der Waals surface area contributed by atoms with Gasteiger partial charge in [-0.3, -0.25) is 0 Å². The normalized spacial score (nSPS) is 32.2. The van der Waals surface area contributed by atoms with Gasteiger partial charge in [0.05, 0.1) is 25.9 Å². The molecule has 4 rings (SSSR count). The molecule has 2 atom stereocenters. The van der Waals surface area contributed by atoms with E-state index in [-0.39, 0.29) is 6.10 Å². The Morgan fingerprint density at radius 1 is 1.17 bits per heavy atom. The summed E-state index contributed by atoms with van der Waals surface area (Å²) in [6.07, 6.45) is 2.57. The molecule has 1 saturated heterocycles. The van der Waals surface area contributed by atoms with Crippen LogP contribution in [0.1, 0.15) is 36.6 Å². The van der Waals surface area contributed by atoms with Crippen molar-refractivity contribution in [1.82, 2.24) is 20.1 Å². The van der Waals surface area contributed by atoms with Crippen LogP contribution in [0, 0.1) is 5.92 Å². The van der Waals surface area contributed by atoms with Gasteiger partial charge >= 0.3 is 0 Å². The van der Waals surface area contributed by atoms with E-state index < -0.39 is 0 Å². The fourth-order valence-electron chi connectivity index (χ4n) is 2.89. The topological polar surface area (TPSA) is 61.2 Å². The summed E-state index contributed by atoms with van der Waals surface area (Å²) >= 11 is 0. The van der Waals surface area contributed by atoms with Gasteiger partial charge in [-0.2, -0.15) is 0 Å². The van der Waals surface area contributed by atoms with Crippen LogP contribution < -0.4 is 5.32 Å². The number of nitrogens with zero attached hydrogens (tertiary/aromatic N) is 3. The van der Waals surface area contributed by atoms with Crippen molar-refractivity contribution in [3.05, 3.63) is 11.6 Å². The van der Waals surface area contributed by atoms with Crippen molar-refractivity contribution in [1.29, 1.82) is 0 Å². The zero-order valence-corrected chi connectivity index (χ0v) is 10.3. The summed E-state index contributed by atoms with van der Waals surface area (Å²) in [7, 11) is 0. The minimum atomic E-state index is -0.0436. The second-order valence-corrected chi connectivity index (χ2v) is 5.27. The van der Waals surface area contributed by atoms with E-state index >= 15 is 0 Å². The molecule has 1 aromatic rings. The van der Waals surface area contributed by atoms with Gasteiger partial charge in [0, 0.05) is 13.1 Å². The van der Waals surface area contributed by atoms with Gasteiger partial charge in [-0.15, -0.1) is 10.2 Å². The van der Waals surface area contributed by atoms with Crippen LogP contribution in [0.25, 0.3) is 0 Å². The highest BCUT2D eigenvalue weighted by atomic mass is 16.6. The largest absolute Gasteiger partial charge is 0.376 e. The fourth-order valence-corrected chi connectivity index (χ4v) is 2.89. The van der Waals surface area contributed by atoms with E-state index in [0.29, 0.717) is 25.9 Å². The van der Waals surface area contributed by atoms with E-state index in [2.05, 4.69) is 20.1 Å². The predicted molar refractivity (Wildman–Crippen MR) is 63.0 cm³/mol. The molecule has 6 nitrogen and oxygen atoms in total. The summed E-state index contributed by atoms with van der Waals surface area (Å²) in [6, 6.07) is 0.393. The first-order valence-electron chi connectivity index (χ1n) is 6.79. The first-order chi connectivity index (χ1) is 8.93. The van der Waals surface area contributed by atoms with Crippen LogP contribution in [0.4, 0.5) is 0 Å². The van der Waals surface area contributed by atoms with Gasteiger partial charge in [-0.05, 0) is 18.8 Å². The molecule has 18 heavy (non-hydrogen) atoms. The highest BCUT2D eigenvalue weighted by Crippen LogP contribution is 2.41. The molecule has 1 N–H and O–H groups in total. The molecule has 1 aromatic heterocycles. The molecule has 0 radical (unpaired) electrons. The molecule has 2 unspecified atom stereocenters. The molecule has 0 spiro atoms. The quantitative estimate of drug-likeness (QED) is 0.824. The second-order valence-electron chi connectivity index (χ2n) is 5.27. The summed E-state index contributed by atoms with van der Waals surface area (Å²) < 4.78 is 13.4. The highest BCUT2D eigenvalue weighted by Gasteiger charge is 2.38. The standard InChI is InChI=1S/C12H18N4O2/c1-2-8(1)10-12-15-14-11(16(12)4-3-13-10)9-7-17-5-6-18-9/h8-10,13H,1-7H2. The lowest BCUT2D eigenvalue weighted by Gasteiger charge is -2.27. The number of rotatable bonds is 2. The lowest BCUT2D eigenvalue weighted by atomic mass is 10.1. The molecular weight excluding hydrogens is 232 g/mol. The summed E-state index contributed by atoms with van der Waals surface area (Å²) in [5.74, 6) is 2.79. The number of fused-ring (bicyclic) bond motifs is 1. The smallest absolute Gasteiger partial charge is 0.164 e. The van der Waals surface area contributed by atoms with Gasteiger partial charge in [-0.25, -0.2) is 0 Å². The summed E-state index contributed by atoms with van der Waals surface area (Å²) in [6.45, 7) is 3.86. The van der Waals surface area contributed by atoms with Gasteiger partial charge in [0.2, 0.25) is 0 Å². The zero-order chi connectivity index (χ0) is 11.9. The van der Waals surface area contributed by atoms with Crippen LogP contribution in [0.5, 0.6) is 0 Å². The monoisotopic (exact) mass is 250 g/mol. The fraction of sp³-hybridized carbons (Fsp3) is 0.833. The van der Waals surface area contributed by atoms with Crippen molar-refractivity contribution in [2.24, 2.45) is 5.92 Å². The minimum Gasteiger partial charge on any atom is -0.376 e. The Morgan fingerprint density at radius 2 is 2.06 bits per heavy atom. The van der Waals surface area contributed by atoms with Crippen LogP contribution in [0.3, 0.4) is 0 Å². The molecule has 6 heteroatoms. The molecule has 0 bridgehead atoms. The van der Waals surface area contributed by atoms with E-state index in [1.165, 1.54) is 12.8 Å². The van der Waals surface area contributed by atoms with E-state index in [4.69, 9.17) is 9.47 Å². The van der Waals surface area contributed by atoms with Crippen molar-refractivity contribution < 1.29 is 9.47 Å². The number of hydrogen-bond donors (Lipinski definition) is 1. The van der Waals surface area contributed by atoms with E-state index in [9.17, 15) is 0 Å². The number of hydrogen-bond acceptors (Lipinski definition) is 5. The van der Waals surface area contributed by atoms with Gasteiger partial charge in [0.25, 0.3) is 0 Å². The van der Waals surface area contributed by atoms with Crippen molar-refractivity contribution >= 4 is 0 Å². The predicted octanol–water partition coefficient (Wildman–Crippen LogP) is 0.420. The molecule has 1 aliphatic carbocycles. The van der Waals surface area contributed by atoms with Crippen molar-refractivity contribution in [3.63, 3.8) is 0 Å². The molecule has 2 aliphatic heterocycles. The minimum absolute atomic E-state index is 0.0436. The Kier molecular flexibility index (Phi) is 2.60. The van der Waals surface area contributed by atoms with E-state index in [1.807, 2.05) is 0 Å². The maximum absolute atomic E-state index is 5.73. The van der Waals surface area contributed by atoms with Crippen LogP contribution in [-0.4, -0.2) is 41.1 Å². The van der Waals surface area contributed by atoms with Gasteiger partial charge in [-0.1, -0.05) is 0 Å². The Morgan fingerprint density at radius 3 is 2.83 bits per heavy atom. The molecule has 98 valence electrons. The van der Waals surface area contributed by atoms with Crippen molar-refractivity contribution in [2.45, 2.75) is 31.5 Å². The van der Waals surface area contributed by atoms with E-state index in [0.717, 1.165) is 30.7 Å². The average molecular weight is 250 g/mol.